The highest BCUT2D eigenvalue weighted by molar-refractivity contribution is 5.73. The van der Waals surface area contributed by atoms with Crippen LogP contribution in [0.15, 0.2) is 48.5 Å². The van der Waals surface area contributed by atoms with Crippen molar-refractivity contribution in [1.29, 1.82) is 0 Å². The van der Waals surface area contributed by atoms with Gasteiger partial charge in [-0.1, -0.05) is 38.1 Å². The summed E-state index contributed by atoms with van der Waals surface area (Å²) in [6, 6.07) is 15.8. The monoisotopic (exact) mass is 399 g/mol. The van der Waals surface area contributed by atoms with Crippen LogP contribution < -0.4 is 38.0 Å². The van der Waals surface area contributed by atoms with Gasteiger partial charge in [-0.25, -0.2) is 10.9 Å². The molecule has 1 aliphatic heterocycles. The number of anilines is 4. The van der Waals surface area contributed by atoms with E-state index in [4.69, 9.17) is 11.6 Å². The Bertz CT molecular complexity index is 799. The van der Waals surface area contributed by atoms with E-state index < -0.39 is 0 Å². The summed E-state index contributed by atoms with van der Waals surface area (Å²) in [7, 11) is 4.08. The molecule has 0 saturated carbocycles. The molecule has 29 heavy (non-hydrogen) atoms. The number of rotatable bonds is 9. The molecule has 0 radical (unpaired) electrons. The average Bonchev–Trinajstić information content (AvgIpc) is 3.15. The molecule has 2 aromatic rings. The highest BCUT2D eigenvalue weighted by atomic mass is 15.8. The van der Waals surface area contributed by atoms with E-state index in [0.717, 1.165) is 30.2 Å². The van der Waals surface area contributed by atoms with Crippen molar-refractivity contribution in [3.8, 4) is 0 Å². The number of nitrogens with two attached hydrogens (primary N) is 2. The van der Waals surface area contributed by atoms with Gasteiger partial charge in [0.05, 0.1) is 22.7 Å². The van der Waals surface area contributed by atoms with Crippen molar-refractivity contribution in [3.05, 3.63) is 48.5 Å². The molecule has 7 N–H and O–H groups in total. The number of hydrazine groups is 4. The van der Waals surface area contributed by atoms with E-state index in [1.165, 1.54) is 0 Å². The fourth-order valence-corrected chi connectivity index (χ4v) is 3.66. The van der Waals surface area contributed by atoms with Crippen LogP contribution in [0.1, 0.15) is 13.8 Å². The number of hydrogen-bond donors (Lipinski definition) is 5. The van der Waals surface area contributed by atoms with E-state index in [2.05, 4.69) is 58.3 Å². The van der Waals surface area contributed by atoms with E-state index in [0.29, 0.717) is 5.69 Å². The minimum atomic E-state index is -0.228. The Balaban J connectivity index is 2.06. The number of fused-ring (bicyclic) bond motifs is 1. The normalized spacial score (nSPS) is 15.3. The molecule has 0 fully saturated rings. The molecular weight excluding hydrogens is 366 g/mol. The van der Waals surface area contributed by atoms with Crippen molar-refractivity contribution in [3.63, 3.8) is 0 Å². The Morgan fingerprint density at radius 3 is 2.45 bits per heavy atom. The van der Waals surface area contributed by atoms with Gasteiger partial charge in [-0.05, 0) is 37.9 Å². The molecule has 0 aliphatic carbocycles. The molecule has 0 aromatic heterocycles. The van der Waals surface area contributed by atoms with Crippen molar-refractivity contribution < 1.29 is 0 Å². The van der Waals surface area contributed by atoms with Gasteiger partial charge in [0.25, 0.3) is 0 Å². The van der Waals surface area contributed by atoms with Crippen LogP contribution in [0.5, 0.6) is 0 Å². The molecule has 1 heterocycles. The molecule has 158 valence electrons. The second-order valence-electron chi connectivity index (χ2n) is 7.11. The van der Waals surface area contributed by atoms with Crippen LogP contribution in [0.3, 0.4) is 0 Å². The summed E-state index contributed by atoms with van der Waals surface area (Å²) < 4.78 is 0. The first-order valence-electron chi connectivity index (χ1n) is 9.94. The third-order valence-corrected chi connectivity index (χ3v) is 5.26. The minimum Gasteiger partial charge on any atom is -0.397 e. The number of likely N-dealkylation sites (N-methyl/N-ethyl adjacent to an activating group) is 2. The molecule has 0 bridgehead atoms. The van der Waals surface area contributed by atoms with Gasteiger partial charge < -0.3 is 11.2 Å². The van der Waals surface area contributed by atoms with Crippen LogP contribution >= 0.6 is 0 Å². The highest BCUT2D eigenvalue weighted by Gasteiger charge is 2.40. The zero-order valence-electron chi connectivity index (χ0n) is 17.6. The fraction of sp³-hybridized carbons (Fsp3) is 0.400. The molecule has 1 aliphatic rings. The zero-order valence-corrected chi connectivity index (χ0v) is 17.6. The third-order valence-electron chi connectivity index (χ3n) is 5.26. The van der Waals surface area contributed by atoms with E-state index in [-0.39, 0.29) is 12.3 Å². The summed E-state index contributed by atoms with van der Waals surface area (Å²) in [5.41, 5.74) is 19.7. The lowest BCUT2D eigenvalue weighted by Gasteiger charge is -2.47. The number of nitrogens with zero attached hydrogens (tertiary/aromatic N) is 4. The number of para-hydroxylation sites is 4. The van der Waals surface area contributed by atoms with Gasteiger partial charge in [-0.3, -0.25) is 20.3 Å². The second-order valence-corrected chi connectivity index (χ2v) is 7.11. The molecule has 2 aromatic carbocycles. The molecule has 3 rings (SSSR count). The molecule has 0 spiro atoms. The van der Waals surface area contributed by atoms with Gasteiger partial charge in [-0.2, -0.15) is 0 Å². The van der Waals surface area contributed by atoms with Gasteiger partial charge in [-0.15, -0.1) is 5.53 Å². The summed E-state index contributed by atoms with van der Waals surface area (Å²) >= 11 is 0. The Morgan fingerprint density at radius 1 is 1.07 bits per heavy atom. The van der Waals surface area contributed by atoms with Crippen molar-refractivity contribution >= 4 is 22.7 Å². The van der Waals surface area contributed by atoms with E-state index in [1.807, 2.05) is 49.5 Å². The standard InChI is InChI=1S/C20H33N9/c1-5-23-27(4)20(29-18-14-10-8-12-16(18)24-25-29)19(26(3)6-2)28(22)17-13-9-7-11-15(17)21/h7-14,19-20,23-25H,5-6,21-22H2,1-4H3. The lowest BCUT2D eigenvalue weighted by Crippen LogP contribution is -2.70. The first-order valence-corrected chi connectivity index (χ1v) is 9.94. The second kappa shape index (κ2) is 9.29. The Morgan fingerprint density at radius 2 is 1.76 bits per heavy atom. The van der Waals surface area contributed by atoms with Crippen LogP contribution in [-0.2, 0) is 0 Å². The Kier molecular flexibility index (Phi) is 6.78. The molecule has 0 amide bonds. The van der Waals surface area contributed by atoms with E-state index in [9.17, 15) is 0 Å². The maximum atomic E-state index is 6.72. The quantitative estimate of drug-likeness (QED) is 0.185. The van der Waals surface area contributed by atoms with Gasteiger partial charge in [0.1, 0.15) is 12.3 Å². The van der Waals surface area contributed by atoms with Gasteiger partial charge in [0.15, 0.2) is 0 Å². The van der Waals surface area contributed by atoms with Crippen LogP contribution in [0.4, 0.5) is 22.7 Å². The molecular formula is C20H33N9. The summed E-state index contributed by atoms with van der Waals surface area (Å²) in [6.07, 6.45) is -0.421. The van der Waals surface area contributed by atoms with Crippen molar-refractivity contribution in [2.24, 2.45) is 5.84 Å². The zero-order chi connectivity index (χ0) is 21.0. The van der Waals surface area contributed by atoms with Crippen LogP contribution in [0, 0.1) is 0 Å². The summed E-state index contributed by atoms with van der Waals surface area (Å²) in [5, 5.41) is 5.92. The summed E-state index contributed by atoms with van der Waals surface area (Å²) in [4.78, 5) is 2.20. The van der Waals surface area contributed by atoms with Crippen LogP contribution in [0.2, 0.25) is 0 Å². The van der Waals surface area contributed by atoms with E-state index >= 15 is 0 Å². The van der Waals surface area contributed by atoms with Gasteiger partial charge >= 0.3 is 0 Å². The lowest BCUT2D eigenvalue weighted by atomic mass is 10.2. The summed E-state index contributed by atoms with van der Waals surface area (Å²) in [5.74, 6) is 6.72. The van der Waals surface area contributed by atoms with Gasteiger partial charge in [0, 0.05) is 13.6 Å². The van der Waals surface area contributed by atoms with Crippen LogP contribution in [0.25, 0.3) is 0 Å². The Hall–Kier alpha value is -2.56. The lowest BCUT2D eigenvalue weighted by molar-refractivity contribution is 0.0692. The van der Waals surface area contributed by atoms with E-state index in [1.54, 1.807) is 5.01 Å². The molecule has 2 unspecified atom stereocenters. The number of nitrogens with one attached hydrogen (secondary N) is 3. The maximum Gasteiger partial charge on any atom is 0.147 e. The summed E-state index contributed by atoms with van der Waals surface area (Å²) in [6.45, 7) is 5.79. The first kappa shape index (κ1) is 21.2. The predicted molar refractivity (Wildman–Crippen MR) is 121 cm³/mol. The SMILES string of the molecule is CCNN(C)C(C(N(C)CC)N(N)c1ccccc1N)N1NNc2ccccc21. The first-order chi connectivity index (χ1) is 14.0. The number of nitrogen functional groups attached to an aromatic ring is 1. The van der Waals surface area contributed by atoms with Crippen LogP contribution in [-0.4, -0.2) is 49.4 Å². The van der Waals surface area contributed by atoms with Crippen molar-refractivity contribution in [2.45, 2.75) is 26.2 Å². The molecule has 9 nitrogen and oxygen atoms in total. The largest absolute Gasteiger partial charge is 0.397 e. The number of benzene rings is 2. The van der Waals surface area contributed by atoms with Crippen molar-refractivity contribution in [2.75, 3.05) is 48.4 Å². The topological polar surface area (TPSA) is 101 Å². The maximum absolute atomic E-state index is 6.72. The average molecular weight is 400 g/mol. The third kappa shape index (κ3) is 4.24. The van der Waals surface area contributed by atoms with Crippen molar-refractivity contribution in [1.82, 2.24) is 20.9 Å². The predicted octanol–water partition coefficient (Wildman–Crippen LogP) is 1.36. The molecule has 2 atom stereocenters. The minimum absolute atomic E-state index is 0.194. The smallest absolute Gasteiger partial charge is 0.147 e. The number of hydrogen-bond acceptors (Lipinski definition) is 9. The highest BCUT2D eigenvalue weighted by Crippen LogP contribution is 2.33. The fourth-order valence-electron chi connectivity index (χ4n) is 3.66. The molecule has 0 saturated heterocycles. The molecule has 9 heteroatoms. The van der Waals surface area contributed by atoms with Gasteiger partial charge in [0.2, 0.25) is 0 Å². The Labute approximate surface area is 173 Å².